The van der Waals surface area contributed by atoms with Crippen molar-refractivity contribution in [1.29, 1.82) is 0 Å². The van der Waals surface area contributed by atoms with Gasteiger partial charge in [0, 0.05) is 7.11 Å². The van der Waals surface area contributed by atoms with Gasteiger partial charge < -0.3 is 19.7 Å². The monoisotopic (exact) mass is 228 g/mol. The zero-order chi connectivity index (χ0) is 11.9. The smallest absolute Gasteiger partial charge is 0.248 e. The second-order valence-electron chi connectivity index (χ2n) is 4.59. The largest absolute Gasteiger partial charge is 0.354 e. The van der Waals surface area contributed by atoms with E-state index in [1.807, 2.05) is 0 Å². The summed E-state index contributed by atoms with van der Waals surface area (Å²) < 4.78 is 10.4. The number of carbonyl (C=O) groups is 2. The van der Waals surface area contributed by atoms with Gasteiger partial charge in [-0.3, -0.25) is 9.59 Å². The molecule has 1 N–H and O–H groups in total. The molecule has 0 radical (unpaired) electrons. The van der Waals surface area contributed by atoms with Gasteiger partial charge in [0.2, 0.25) is 11.8 Å². The van der Waals surface area contributed by atoms with Gasteiger partial charge in [0.15, 0.2) is 6.29 Å². The van der Waals surface area contributed by atoms with Gasteiger partial charge in [0.1, 0.15) is 11.6 Å². The summed E-state index contributed by atoms with van der Waals surface area (Å²) in [7, 11) is 1.52. The van der Waals surface area contributed by atoms with Crippen LogP contribution in [0.5, 0.6) is 0 Å². The van der Waals surface area contributed by atoms with Crippen LogP contribution in [-0.4, -0.2) is 54.8 Å². The molecule has 2 heterocycles. The summed E-state index contributed by atoms with van der Waals surface area (Å²) in [5.74, 6) is -0.262. The second-order valence-corrected chi connectivity index (χ2v) is 4.59. The molecular weight excluding hydrogens is 212 g/mol. The molecule has 0 aromatic heterocycles. The Morgan fingerprint density at radius 2 is 2.19 bits per heavy atom. The fraction of sp³-hybridized carbons (Fsp3) is 0.800. The van der Waals surface area contributed by atoms with E-state index < -0.39 is 17.9 Å². The van der Waals surface area contributed by atoms with Crippen molar-refractivity contribution in [2.75, 3.05) is 20.3 Å². The summed E-state index contributed by atoms with van der Waals surface area (Å²) in [6, 6.07) is -0.521. The van der Waals surface area contributed by atoms with Crippen LogP contribution in [0.1, 0.15) is 13.8 Å². The van der Waals surface area contributed by atoms with Crippen molar-refractivity contribution >= 4 is 11.8 Å². The van der Waals surface area contributed by atoms with Crippen molar-refractivity contribution in [3.63, 3.8) is 0 Å². The number of morpholine rings is 1. The molecule has 0 spiro atoms. The fourth-order valence-electron chi connectivity index (χ4n) is 2.02. The zero-order valence-corrected chi connectivity index (χ0v) is 9.65. The highest BCUT2D eigenvalue weighted by Crippen LogP contribution is 2.22. The van der Waals surface area contributed by atoms with E-state index in [0.29, 0.717) is 6.54 Å². The first-order valence-corrected chi connectivity index (χ1v) is 5.23. The maximum atomic E-state index is 12.1. The molecule has 2 rings (SSSR count). The third kappa shape index (κ3) is 1.68. The lowest BCUT2D eigenvalue weighted by Crippen LogP contribution is -2.71. The molecule has 0 unspecified atom stereocenters. The number of ether oxygens (including phenoxy) is 2. The van der Waals surface area contributed by atoms with Crippen molar-refractivity contribution in [1.82, 2.24) is 10.2 Å². The number of nitrogens with one attached hydrogen (secondary N) is 1. The molecule has 6 nitrogen and oxygen atoms in total. The Morgan fingerprint density at radius 1 is 1.50 bits per heavy atom. The summed E-state index contributed by atoms with van der Waals surface area (Å²) in [4.78, 5) is 25.4. The van der Waals surface area contributed by atoms with Crippen LogP contribution in [0.3, 0.4) is 0 Å². The summed E-state index contributed by atoms with van der Waals surface area (Å²) in [6.07, 6.45) is -0.443. The average molecular weight is 228 g/mol. The Balaban J connectivity index is 2.21. The molecule has 90 valence electrons. The van der Waals surface area contributed by atoms with Crippen LogP contribution in [0.2, 0.25) is 0 Å². The van der Waals surface area contributed by atoms with Gasteiger partial charge in [-0.15, -0.1) is 0 Å². The van der Waals surface area contributed by atoms with Gasteiger partial charge in [0.05, 0.1) is 13.2 Å². The van der Waals surface area contributed by atoms with Crippen molar-refractivity contribution in [2.45, 2.75) is 31.7 Å². The molecule has 2 aliphatic heterocycles. The number of methoxy groups -OCH3 is 1. The normalized spacial score (nSPS) is 33.3. The number of hydrogen-bond acceptors (Lipinski definition) is 4. The van der Waals surface area contributed by atoms with Crippen LogP contribution >= 0.6 is 0 Å². The van der Waals surface area contributed by atoms with Crippen LogP contribution < -0.4 is 5.32 Å². The first kappa shape index (κ1) is 11.3. The topological polar surface area (TPSA) is 67.9 Å². The lowest BCUT2D eigenvalue weighted by Gasteiger charge is -2.46. The predicted molar refractivity (Wildman–Crippen MR) is 54.5 cm³/mol. The van der Waals surface area contributed by atoms with Gasteiger partial charge in [-0.2, -0.15) is 0 Å². The molecule has 16 heavy (non-hydrogen) atoms. The van der Waals surface area contributed by atoms with Crippen molar-refractivity contribution in [3.8, 4) is 0 Å². The molecule has 0 aliphatic carbocycles. The molecular formula is C10H16N2O4. The number of piperazine rings is 1. The number of nitrogens with zero attached hydrogens (tertiary/aromatic N) is 1. The molecule has 2 fully saturated rings. The predicted octanol–water partition coefficient (Wildman–Crippen LogP) is -0.905. The van der Waals surface area contributed by atoms with Crippen LogP contribution in [0.15, 0.2) is 0 Å². The average Bonchev–Trinajstić information content (AvgIpc) is 2.25. The highest BCUT2D eigenvalue weighted by atomic mass is 16.7. The van der Waals surface area contributed by atoms with Crippen LogP contribution in [0.4, 0.5) is 0 Å². The lowest BCUT2D eigenvalue weighted by molar-refractivity contribution is -0.199. The Labute approximate surface area is 93.9 Å². The number of rotatable bonds is 1. The Kier molecular flexibility index (Phi) is 2.63. The first-order valence-electron chi connectivity index (χ1n) is 5.23. The van der Waals surface area contributed by atoms with E-state index >= 15 is 0 Å². The van der Waals surface area contributed by atoms with Crippen molar-refractivity contribution in [2.24, 2.45) is 0 Å². The molecule has 0 aromatic rings. The van der Waals surface area contributed by atoms with Crippen LogP contribution in [-0.2, 0) is 19.1 Å². The minimum Gasteiger partial charge on any atom is -0.354 e. The van der Waals surface area contributed by atoms with E-state index in [2.05, 4.69) is 5.32 Å². The summed E-state index contributed by atoms with van der Waals surface area (Å²) in [5.41, 5.74) is -0.844. The van der Waals surface area contributed by atoms with E-state index in [1.54, 1.807) is 13.8 Å². The molecule has 2 aliphatic rings. The maximum absolute atomic E-state index is 12.1. The van der Waals surface area contributed by atoms with E-state index in [4.69, 9.17) is 9.47 Å². The van der Waals surface area contributed by atoms with Gasteiger partial charge >= 0.3 is 0 Å². The van der Waals surface area contributed by atoms with Gasteiger partial charge in [-0.1, -0.05) is 0 Å². The van der Waals surface area contributed by atoms with E-state index in [1.165, 1.54) is 12.0 Å². The highest BCUT2D eigenvalue weighted by molar-refractivity contribution is 5.99. The minimum atomic E-state index is -0.844. The van der Waals surface area contributed by atoms with Crippen molar-refractivity contribution < 1.29 is 19.1 Å². The van der Waals surface area contributed by atoms with Gasteiger partial charge in [-0.05, 0) is 13.8 Å². The highest BCUT2D eigenvalue weighted by Gasteiger charge is 2.48. The molecule has 6 heteroatoms. The molecule has 2 atom stereocenters. The van der Waals surface area contributed by atoms with Crippen LogP contribution in [0.25, 0.3) is 0 Å². The Hall–Kier alpha value is -1.14. The Bertz CT molecular complexity index is 329. The Morgan fingerprint density at radius 3 is 2.81 bits per heavy atom. The SMILES string of the molecule is CO[C@@H]1CN2C(=O)C(C)(C)NC(=O)[C@H]2CO1. The molecule has 0 saturated carbocycles. The molecule has 2 amide bonds. The third-order valence-electron chi connectivity index (χ3n) is 2.96. The van der Waals surface area contributed by atoms with E-state index in [0.717, 1.165) is 0 Å². The third-order valence-corrected chi connectivity index (χ3v) is 2.96. The fourth-order valence-corrected chi connectivity index (χ4v) is 2.02. The molecule has 0 bridgehead atoms. The quantitative estimate of drug-likeness (QED) is 0.631. The number of fused-ring (bicyclic) bond motifs is 1. The number of carbonyl (C=O) groups excluding carboxylic acids is 2. The number of hydrogen-bond donors (Lipinski definition) is 1. The zero-order valence-electron chi connectivity index (χ0n) is 9.65. The summed E-state index contributed by atoms with van der Waals surface area (Å²) >= 11 is 0. The number of amides is 2. The second kappa shape index (κ2) is 3.71. The van der Waals surface area contributed by atoms with Gasteiger partial charge in [0.25, 0.3) is 0 Å². The molecule has 2 saturated heterocycles. The summed E-state index contributed by atoms with van der Waals surface area (Å²) in [5, 5.41) is 2.69. The summed E-state index contributed by atoms with van der Waals surface area (Å²) in [6.45, 7) is 3.88. The lowest BCUT2D eigenvalue weighted by atomic mass is 9.96. The van der Waals surface area contributed by atoms with Crippen molar-refractivity contribution in [3.05, 3.63) is 0 Å². The molecule has 0 aromatic carbocycles. The first-order chi connectivity index (χ1) is 7.45. The van der Waals surface area contributed by atoms with E-state index in [9.17, 15) is 9.59 Å². The standard InChI is InChI=1S/C10H16N2O4/c1-10(2)9(14)12-4-7(15-3)16-5-6(12)8(13)11-10/h6-7H,4-5H2,1-3H3,(H,11,13)/t6-,7+/m1/s1. The maximum Gasteiger partial charge on any atom is 0.248 e. The minimum absolute atomic E-state index is 0.0950. The van der Waals surface area contributed by atoms with Crippen LogP contribution in [0, 0.1) is 0 Å². The van der Waals surface area contributed by atoms with E-state index in [-0.39, 0.29) is 18.4 Å². The van der Waals surface area contributed by atoms with Gasteiger partial charge in [-0.25, -0.2) is 0 Å².